The Hall–Kier alpha value is -2.00. The van der Waals surface area contributed by atoms with E-state index in [2.05, 4.69) is 39.6 Å². The Morgan fingerprint density at radius 2 is 1.71 bits per heavy atom. The molecule has 1 aromatic carbocycles. The van der Waals surface area contributed by atoms with E-state index in [0.29, 0.717) is 0 Å². The van der Waals surface area contributed by atoms with Gasteiger partial charge in [-0.3, -0.25) is 4.98 Å². The van der Waals surface area contributed by atoms with Gasteiger partial charge in [-0.15, -0.1) is 11.3 Å². The summed E-state index contributed by atoms with van der Waals surface area (Å²) in [5.74, 6) is 0. The number of rotatable bonds is 2. The fourth-order valence-electron chi connectivity index (χ4n) is 1.76. The summed E-state index contributed by atoms with van der Waals surface area (Å²) in [6.07, 6.45) is 3.62. The molecule has 0 spiro atoms. The first kappa shape index (κ1) is 10.2. The Morgan fingerprint density at radius 3 is 2.47 bits per heavy atom. The van der Waals surface area contributed by atoms with Gasteiger partial charge < -0.3 is 0 Å². The minimum atomic E-state index is 1.03. The van der Waals surface area contributed by atoms with E-state index < -0.39 is 0 Å². The zero-order chi connectivity index (χ0) is 11.5. The second-order valence-electron chi connectivity index (χ2n) is 3.69. The molecule has 3 heteroatoms. The quantitative estimate of drug-likeness (QED) is 0.677. The normalized spacial score (nSPS) is 10.4. The first-order valence-corrected chi connectivity index (χ1v) is 6.27. The maximum absolute atomic E-state index is 4.33. The average Bonchev–Trinajstić information content (AvgIpc) is 2.94. The number of aromatic nitrogens is 2. The third-order valence-corrected chi connectivity index (χ3v) is 3.19. The number of pyridine rings is 1. The Morgan fingerprint density at radius 1 is 0.882 bits per heavy atom. The van der Waals surface area contributed by atoms with Crippen molar-refractivity contribution >= 4 is 11.3 Å². The molecule has 0 aliphatic carbocycles. The summed E-state index contributed by atoms with van der Waals surface area (Å²) >= 11 is 1.61. The van der Waals surface area contributed by atoms with Crippen LogP contribution in [-0.2, 0) is 0 Å². The summed E-state index contributed by atoms with van der Waals surface area (Å²) in [4.78, 5) is 8.36. The summed E-state index contributed by atoms with van der Waals surface area (Å²) in [5.41, 5.74) is 6.41. The largest absolute Gasteiger partial charge is 0.265 e. The minimum Gasteiger partial charge on any atom is -0.265 e. The summed E-state index contributed by atoms with van der Waals surface area (Å²) < 4.78 is 0. The summed E-state index contributed by atoms with van der Waals surface area (Å²) in [7, 11) is 0. The minimum absolute atomic E-state index is 1.03. The SMILES string of the molecule is c1cc(-c2ccncc2)cc(-c2cscn2)c1. The van der Waals surface area contributed by atoms with E-state index in [9.17, 15) is 0 Å². The predicted molar refractivity (Wildman–Crippen MR) is 70.8 cm³/mol. The third kappa shape index (κ3) is 2.10. The molecule has 3 rings (SSSR count). The van der Waals surface area contributed by atoms with Crippen molar-refractivity contribution in [2.75, 3.05) is 0 Å². The van der Waals surface area contributed by atoms with Gasteiger partial charge in [0.2, 0.25) is 0 Å². The lowest BCUT2D eigenvalue weighted by molar-refractivity contribution is 1.33. The van der Waals surface area contributed by atoms with Crippen LogP contribution in [0.4, 0.5) is 0 Å². The van der Waals surface area contributed by atoms with Crippen molar-refractivity contribution in [3.8, 4) is 22.4 Å². The molecule has 0 saturated carbocycles. The van der Waals surface area contributed by atoms with Gasteiger partial charge >= 0.3 is 0 Å². The third-order valence-electron chi connectivity index (χ3n) is 2.60. The van der Waals surface area contributed by atoms with Crippen LogP contribution in [0.5, 0.6) is 0 Å². The molecular weight excluding hydrogens is 228 g/mol. The molecule has 0 fully saturated rings. The Balaban J connectivity index is 2.06. The molecule has 0 unspecified atom stereocenters. The van der Waals surface area contributed by atoms with Crippen LogP contribution in [0.1, 0.15) is 0 Å². The number of thiazole rings is 1. The zero-order valence-electron chi connectivity index (χ0n) is 9.08. The molecule has 2 nitrogen and oxygen atoms in total. The topological polar surface area (TPSA) is 25.8 Å². The van der Waals surface area contributed by atoms with Crippen molar-refractivity contribution in [3.05, 3.63) is 59.7 Å². The van der Waals surface area contributed by atoms with Crippen LogP contribution in [0.25, 0.3) is 22.4 Å². The van der Waals surface area contributed by atoms with Gasteiger partial charge in [-0.1, -0.05) is 18.2 Å². The van der Waals surface area contributed by atoms with Crippen LogP contribution < -0.4 is 0 Å². The Kier molecular flexibility index (Phi) is 2.68. The fourth-order valence-corrected chi connectivity index (χ4v) is 2.32. The van der Waals surface area contributed by atoms with Crippen LogP contribution in [0, 0.1) is 0 Å². The molecule has 0 saturated heterocycles. The Labute approximate surface area is 104 Å². The van der Waals surface area contributed by atoms with Gasteiger partial charge in [0.25, 0.3) is 0 Å². The summed E-state index contributed by atoms with van der Waals surface area (Å²) in [5, 5.41) is 2.06. The fraction of sp³-hybridized carbons (Fsp3) is 0. The second kappa shape index (κ2) is 4.47. The van der Waals surface area contributed by atoms with Crippen LogP contribution >= 0.6 is 11.3 Å². The van der Waals surface area contributed by atoms with Gasteiger partial charge in [0.05, 0.1) is 11.2 Å². The van der Waals surface area contributed by atoms with Crippen molar-refractivity contribution in [2.24, 2.45) is 0 Å². The standard InChI is InChI=1S/C14H10N2S/c1-2-12(11-4-6-15-7-5-11)8-13(3-1)14-9-17-10-16-14/h1-10H. The van der Waals surface area contributed by atoms with E-state index in [0.717, 1.165) is 11.3 Å². The zero-order valence-corrected chi connectivity index (χ0v) is 9.89. The molecule has 2 aromatic heterocycles. The number of nitrogens with zero attached hydrogens (tertiary/aromatic N) is 2. The monoisotopic (exact) mass is 238 g/mol. The lowest BCUT2D eigenvalue weighted by Crippen LogP contribution is -1.81. The molecule has 0 aliphatic rings. The number of hydrogen-bond acceptors (Lipinski definition) is 3. The molecule has 2 heterocycles. The van der Waals surface area contributed by atoms with E-state index in [1.807, 2.05) is 30.0 Å². The summed E-state index contributed by atoms with van der Waals surface area (Å²) in [6, 6.07) is 12.4. The highest BCUT2D eigenvalue weighted by Gasteiger charge is 2.02. The van der Waals surface area contributed by atoms with Crippen LogP contribution in [0.3, 0.4) is 0 Å². The molecule has 3 aromatic rings. The highest BCUT2D eigenvalue weighted by atomic mass is 32.1. The predicted octanol–water partition coefficient (Wildman–Crippen LogP) is 3.87. The van der Waals surface area contributed by atoms with Crippen molar-refractivity contribution in [1.82, 2.24) is 9.97 Å². The molecule has 0 atom stereocenters. The van der Waals surface area contributed by atoms with Crippen molar-refractivity contribution in [1.29, 1.82) is 0 Å². The first-order valence-electron chi connectivity index (χ1n) is 5.32. The van der Waals surface area contributed by atoms with Crippen LogP contribution in [0.15, 0.2) is 59.7 Å². The maximum Gasteiger partial charge on any atom is 0.0811 e. The van der Waals surface area contributed by atoms with Crippen molar-refractivity contribution in [2.45, 2.75) is 0 Å². The molecule has 0 bridgehead atoms. The lowest BCUT2D eigenvalue weighted by atomic mass is 10.0. The van der Waals surface area contributed by atoms with E-state index >= 15 is 0 Å². The smallest absolute Gasteiger partial charge is 0.0811 e. The van der Waals surface area contributed by atoms with Gasteiger partial charge in [0, 0.05) is 23.3 Å². The highest BCUT2D eigenvalue weighted by Crippen LogP contribution is 2.25. The highest BCUT2D eigenvalue weighted by molar-refractivity contribution is 7.07. The van der Waals surface area contributed by atoms with Gasteiger partial charge in [-0.25, -0.2) is 4.98 Å². The molecule has 0 radical (unpaired) electrons. The molecule has 17 heavy (non-hydrogen) atoms. The van der Waals surface area contributed by atoms with Crippen molar-refractivity contribution in [3.63, 3.8) is 0 Å². The van der Waals surface area contributed by atoms with E-state index in [4.69, 9.17) is 0 Å². The van der Waals surface area contributed by atoms with Gasteiger partial charge in [-0.2, -0.15) is 0 Å². The molecule has 0 N–H and O–H groups in total. The van der Waals surface area contributed by atoms with E-state index in [-0.39, 0.29) is 0 Å². The average molecular weight is 238 g/mol. The molecule has 0 amide bonds. The van der Waals surface area contributed by atoms with Gasteiger partial charge in [-0.05, 0) is 29.3 Å². The van der Waals surface area contributed by atoms with Gasteiger partial charge in [0.15, 0.2) is 0 Å². The van der Waals surface area contributed by atoms with E-state index in [1.165, 1.54) is 11.1 Å². The lowest BCUT2D eigenvalue weighted by Gasteiger charge is -2.03. The van der Waals surface area contributed by atoms with Crippen molar-refractivity contribution < 1.29 is 0 Å². The van der Waals surface area contributed by atoms with Crippen LogP contribution in [0.2, 0.25) is 0 Å². The molecular formula is C14H10N2S. The molecule has 0 aliphatic heterocycles. The summed E-state index contributed by atoms with van der Waals surface area (Å²) in [6.45, 7) is 0. The number of hydrogen-bond donors (Lipinski definition) is 0. The van der Waals surface area contributed by atoms with E-state index in [1.54, 1.807) is 11.3 Å². The first-order chi connectivity index (χ1) is 8.43. The maximum atomic E-state index is 4.33. The number of benzene rings is 1. The second-order valence-corrected chi connectivity index (χ2v) is 4.41. The molecule has 82 valence electrons. The van der Waals surface area contributed by atoms with Gasteiger partial charge in [0.1, 0.15) is 0 Å². The van der Waals surface area contributed by atoms with Crippen LogP contribution in [-0.4, -0.2) is 9.97 Å². The Bertz CT molecular complexity index is 603.